The molecule has 0 atom stereocenters. The summed E-state index contributed by atoms with van der Waals surface area (Å²) in [7, 11) is 0. The fraction of sp³-hybridized carbons (Fsp3) is 0.500. The highest BCUT2D eigenvalue weighted by Gasteiger charge is 2.32. The Hall–Kier alpha value is -2.86. The number of pyridine rings is 1. The van der Waals surface area contributed by atoms with Crippen molar-refractivity contribution in [1.82, 2.24) is 9.88 Å². The molecule has 38 heavy (non-hydrogen) atoms. The largest absolute Gasteiger partial charge is 0.478 e. The zero-order valence-electron chi connectivity index (χ0n) is 22.5. The van der Waals surface area contributed by atoms with Crippen molar-refractivity contribution in [2.75, 3.05) is 26.3 Å². The van der Waals surface area contributed by atoms with Crippen molar-refractivity contribution in [2.45, 2.75) is 65.2 Å². The van der Waals surface area contributed by atoms with E-state index in [1.54, 1.807) is 24.4 Å². The number of nitrogens with zero attached hydrogens (tertiary/aromatic N) is 2. The zero-order chi connectivity index (χ0) is 26.9. The summed E-state index contributed by atoms with van der Waals surface area (Å²) in [5, 5.41) is 9.57. The third-order valence-corrected chi connectivity index (χ3v) is 8.60. The molecule has 1 aliphatic heterocycles. The molecule has 0 radical (unpaired) electrons. The predicted molar refractivity (Wildman–Crippen MR) is 147 cm³/mol. The molecule has 1 aromatic carbocycles. The summed E-state index contributed by atoms with van der Waals surface area (Å²) in [5.74, 6) is -0.901. The summed E-state index contributed by atoms with van der Waals surface area (Å²) < 4.78 is 28.3. The molecule has 4 nitrogen and oxygen atoms in total. The van der Waals surface area contributed by atoms with Crippen LogP contribution in [-0.4, -0.2) is 47.3 Å². The Labute approximate surface area is 224 Å². The highest BCUT2D eigenvalue weighted by Crippen LogP contribution is 2.46. The number of aromatic carboxylic acids is 1. The van der Waals surface area contributed by atoms with Gasteiger partial charge in [0.2, 0.25) is 0 Å². The Morgan fingerprint density at radius 1 is 1.18 bits per heavy atom. The SMILES string of the molecule is CC1(C)CCC(C2=C(c3ncc(C=C4CN(CCCF)C4)cc3F)c3ccc(C(=O)O)cc3CCC2)CC1. The van der Waals surface area contributed by atoms with Crippen molar-refractivity contribution >= 4 is 17.6 Å². The van der Waals surface area contributed by atoms with Gasteiger partial charge in [-0.25, -0.2) is 9.18 Å². The van der Waals surface area contributed by atoms with Crippen LogP contribution >= 0.6 is 0 Å². The second-order valence-electron chi connectivity index (χ2n) is 12.0. The van der Waals surface area contributed by atoms with Gasteiger partial charge < -0.3 is 5.11 Å². The minimum Gasteiger partial charge on any atom is -0.478 e. The molecule has 1 N–H and O–H groups in total. The molecule has 202 valence electrons. The van der Waals surface area contributed by atoms with Gasteiger partial charge in [0, 0.05) is 31.4 Å². The monoisotopic (exact) mass is 520 g/mol. The quantitative estimate of drug-likeness (QED) is 0.415. The van der Waals surface area contributed by atoms with Gasteiger partial charge in [0.1, 0.15) is 11.5 Å². The van der Waals surface area contributed by atoms with E-state index < -0.39 is 5.97 Å². The van der Waals surface area contributed by atoms with Crippen LogP contribution in [0.4, 0.5) is 8.78 Å². The summed E-state index contributed by atoms with van der Waals surface area (Å²) >= 11 is 0. The number of aromatic nitrogens is 1. The number of halogens is 2. The molecule has 0 bridgehead atoms. The van der Waals surface area contributed by atoms with Crippen LogP contribution in [0.25, 0.3) is 11.6 Å². The number of benzene rings is 1. The van der Waals surface area contributed by atoms with Crippen LogP contribution in [0, 0.1) is 17.2 Å². The van der Waals surface area contributed by atoms with Crippen LogP contribution in [0.2, 0.25) is 0 Å². The summed E-state index contributed by atoms with van der Waals surface area (Å²) in [6.45, 7) is 6.67. The van der Waals surface area contributed by atoms with Crippen LogP contribution in [-0.2, 0) is 6.42 Å². The van der Waals surface area contributed by atoms with E-state index >= 15 is 4.39 Å². The fourth-order valence-corrected chi connectivity index (χ4v) is 6.39. The van der Waals surface area contributed by atoms with Crippen LogP contribution in [0.15, 0.2) is 41.6 Å². The van der Waals surface area contributed by atoms with Crippen molar-refractivity contribution < 1.29 is 18.7 Å². The van der Waals surface area contributed by atoms with Crippen LogP contribution in [0.1, 0.15) is 91.5 Å². The van der Waals surface area contributed by atoms with Gasteiger partial charge in [0.05, 0.1) is 12.2 Å². The second kappa shape index (κ2) is 11.1. The molecule has 3 aliphatic rings. The molecule has 6 heteroatoms. The Morgan fingerprint density at radius 3 is 2.63 bits per heavy atom. The molecular weight excluding hydrogens is 482 g/mol. The van der Waals surface area contributed by atoms with Crippen molar-refractivity contribution in [2.24, 2.45) is 11.3 Å². The Kier molecular flexibility index (Phi) is 7.80. The molecule has 0 unspecified atom stereocenters. The topological polar surface area (TPSA) is 53.4 Å². The van der Waals surface area contributed by atoms with Gasteiger partial charge in [-0.2, -0.15) is 0 Å². The van der Waals surface area contributed by atoms with Gasteiger partial charge in [-0.15, -0.1) is 0 Å². The smallest absolute Gasteiger partial charge is 0.335 e. The van der Waals surface area contributed by atoms with E-state index in [4.69, 9.17) is 4.98 Å². The average Bonchev–Trinajstić information content (AvgIpc) is 3.04. The summed E-state index contributed by atoms with van der Waals surface area (Å²) in [4.78, 5) is 18.5. The fourth-order valence-electron chi connectivity index (χ4n) is 6.39. The van der Waals surface area contributed by atoms with E-state index in [1.807, 2.05) is 12.1 Å². The van der Waals surface area contributed by atoms with Gasteiger partial charge in [-0.3, -0.25) is 14.3 Å². The van der Waals surface area contributed by atoms with Crippen molar-refractivity contribution in [3.8, 4) is 0 Å². The number of fused-ring (bicyclic) bond motifs is 1. The number of hydrogen-bond donors (Lipinski definition) is 1. The second-order valence-corrected chi connectivity index (χ2v) is 12.0. The van der Waals surface area contributed by atoms with Crippen molar-refractivity contribution in [1.29, 1.82) is 0 Å². The van der Waals surface area contributed by atoms with E-state index in [0.29, 0.717) is 23.4 Å². The number of likely N-dealkylation sites (tertiary alicyclic amines) is 1. The number of hydrogen-bond acceptors (Lipinski definition) is 3. The molecule has 2 fully saturated rings. The van der Waals surface area contributed by atoms with Crippen LogP contribution < -0.4 is 0 Å². The highest BCUT2D eigenvalue weighted by atomic mass is 19.1. The number of allylic oxidation sites excluding steroid dienone is 1. The van der Waals surface area contributed by atoms with Crippen molar-refractivity contribution in [3.05, 3.63) is 75.4 Å². The predicted octanol–water partition coefficient (Wildman–Crippen LogP) is 7.33. The standard InChI is InChI=1S/C32H38F2N2O2/c1-32(2)11-9-23(10-12-32)26-6-3-5-24-17-25(31(37)38)7-8-27(24)29(26)30-28(34)16-21(18-35-30)15-22-19-36(20-22)14-4-13-33/h7-8,15-18,23H,3-6,9-14,19-20H2,1-2H3,(H,37,38). The third-order valence-electron chi connectivity index (χ3n) is 8.60. The number of carboxylic acids is 1. The van der Waals surface area contributed by atoms with Gasteiger partial charge in [0.15, 0.2) is 0 Å². The highest BCUT2D eigenvalue weighted by molar-refractivity contribution is 5.90. The Balaban J connectivity index is 1.52. The van der Waals surface area contributed by atoms with E-state index in [2.05, 4.69) is 18.7 Å². The zero-order valence-corrected chi connectivity index (χ0v) is 22.5. The number of aryl methyl sites for hydroxylation is 1. The minimum atomic E-state index is -0.946. The Morgan fingerprint density at radius 2 is 1.95 bits per heavy atom. The molecule has 0 amide bonds. The molecule has 0 spiro atoms. The first-order chi connectivity index (χ1) is 18.2. The lowest BCUT2D eigenvalue weighted by molar-refractivity contribution is 0.0696. The summed E-state index contributed by atoms with van der Waals surface area (Å²) in [6.07, 6.45) is 11.3. The minimum absolute atomic E-state index is 0.266. The van der Waals surface area contributed by atoms with Gasteiger partial charge in [-0.05, 0) is 103 Å². The molecule has 2 aromatic rings. The van der Waals surface area contributed by atoms with Gasteiger partial charge >= 0.3 is 5.97 Å². The first-order valence-corrected chi connectivity index (χ1v) is 14.0. The molecule has 2 aliphatic carbocycles. The molecule has 2 heterocycles. The summed E-state index contributed by atoms with van der Waals surface area (Å²) in [5.41, 5.74) is 6.94. The van der Waals surface area contributed by atoms with Gasteiger partial charge in [-0.1, -0.05) is 31.6 Å². The first kappa shape index (κ1) is 26.7. The maximum atomic E-state index is 15.9. The van der Waals surface area contributed by atoms with E-state index in [0.717, 1.165) is 86.8 Å². The third kappa shape index (κ3) is 5.75. The van der Waals surface area contributed by atoms with Crippen molar-refractivity contribution in [3.63, 3.8) is 0 Å². The average molecular weight is 521 g/mol. The van der Waals surface area contributed by atoms with E-state index in [1.165, 1.54) is 11.1 Å². The molecular formula is C32H38F2N2O2. The summed E-state index contributed by atoms with van der Waals surface area (Å²) in [6, 6.07) is 6.83. The normalized spacial score (nSPS) is 20.1. The molecule has 5 rings (SSSR count). The lowest BCUT2D eigenvalue weighted by Gasteiger charge is -2.36. The van der Waals surface area contributed by atoms with E-state index in [-0.39, 0.29) is 18.1 Å². The Bertz CT molecular complexity index is 1260. The molecule has 1 saturated heterocycles. The molecule has 1 saturated carbocycles. The number of alkyl halides is 1. The lowest BCUT2D eigenvalue weighted by Crippen LogP contribution is -2.40. The number of carbonyl (C=O) groups is 1. The number of rotatable bonds is 7. The maximum Gasteiger partial charge on any atom is 0.335 e. The maximum absolute atomic E-state index is 15.9. The first-order valence-electron chi connectivity index (χ1n) is 14.0. The molecule has 1 aromatic heterocycles. The van der Waals surface area contributed by atoms with E-state index in [9.17, 15) is 14.3 Å². The van der Waals surface area contributed by atoms with Crippen LogP contribution in [0.5, 0.6) is 0 Å². The lowest BCUT2D eigenvalue weighted by atomic mass is 9.69. The number of carboxylic acid groups (broad SMARTS) is 1. The van der Waals surface area contributed by atoms with Crippen LogP contribution in [0.3, 0.4) is 0 Å². The van der Waals surface area contributed by atoms with Gasteiger partial charge in [0.25, 0.3) is 0 Å².